The molecule has 16 heavy (non-hydrogen) atoms. The van der Waals surface area contributed by atoms with Crippen molar-refractivity contribution in [2.24, 2.45) is 0 Å². The molecule has 4 nitrogen and oxygen atoms in total. The summed E-state index contributed by atoms with van der Waals surface area (Å²) < 4.78 is 0. The molecule has 0 spiro atoms. The first-order valence-electron chi connectivity index (χ1n) is 3.64. The van der Waals surface area contributed by atoms with Crippen LogP contribution in [0.4, 0.5) is 0 Å². The quantitative estimate of drug-likeness (QED) is 0.379. The van der Waals surface area contributed by atoms with E-state index in [9.17, 15) is 19.8 Å². The molecule has 0 radical (unpaired) electrons. The Balaban J connectivity index is -0.000000399. The second-order valence-corrected chi connectivity index (χ2v) is 2.16. The summed E-state index contributed by atoms with van der Waals surface area (Å²) in [6.45, 7) is 6.00. The SMILES string of the molecule is C=C.O=C([O-])c1cccc(C(=O)[O-])c1.[Na+].[Na+]. The van der Waals surface area contributed by atoms with Gasteiger partial charge in [-0.25, -0.2) is 0 Å². The molecule has 6 heteroatoms. The Morgan fingerprint density at radius 3 is 1.50 bits per heavy atom. The van der Waals surface area contributed by atoms with Crippen LogP contribution in [-0.4, -0.2) is 11.9 Å². The summed E-state index contributed by atoms with van der Waals surface area (Å²) in [6.07, 6.45) is 0. The second-order valence-electron chi connectivity index (χ2n) is 2.16. The molecule has 74 valence electrons. The van der Waals surface area contributed by atoms with Crippen molar-refractivity contribution < 1.29 is 78.9 Å². The maximum atomic E-state index is 10.3. The maximum Gasteiger partial charge on any atom is 1.00 e. The zero-order valence-corrected chi connectivity index (χ0v) is 13.4. The fraction of sp³-hybridized carbons (Fsp3) is 0. The molecule has 1 rings (SSSR count). The molecule has 0 aliphatic heterocycles. The fourth-order valence-electron chi connectivity index (χ4n) is 0.773. The fourth-order valence-corrected chi connectivity index (χ4v) is 0.773. The molecule has 0 N–H and O–H groups in total. The van der Waals surface area contributed by atoms with Crippen LogP contribution in [0.15, 0.2) is 37.4 Å². The first-order valence-corrected chi connectivity index (χ1v) is 3.64. The Morgan fingerprint density at radius 1 is 0.938 bits per heavy atom. The van der Waals surface area contributed by atoms with Crippen molar-refractivity contribution in [2.45, 2.75) is 0 Å². The van der Waals surface area contributed by atoms with Crippen molar-refractivity contribution in [3.63, 3.8) is 0 Å². The second kappa shape index (κ2) is 11.4. The number of carbonyl (C=O) groups is 2. The number of carboxylic acid groups (broad SMARTS) is 2. The minimum atomic E-state index is -1.40. The molecule has 0 aliphatic rings. The molecule has 0 aliphatic carbocycles. The van der Waals surface area contributed by atoms with Gasteiger partial charge < -0.3 is 19.8 Å². The van der Waals surface area contributed by atoms with Crippen molar-refractivity contribution in [3.05, 3.63) is 48.6 Å². The van der Waals surface area contributed by atoms with Gasteiger partial charge in [0.05, 0.1) is 11.9 Å². The Labute approximate surface area is 138 Å². The predicted octanol–water partition coefficient (Wildman–Crippen LogP) is -6.78. The van der Waals surface area contributed by atoms with E-state index in [2.05, 4.69) is 13.2 Å². The van der Waals surface area contributed by atoms with Gasteiger partial charge in [-0.2, -0.15) is 0 Å². The van der Waals surface area contributed by atoms with E-state index in [1.165, 1.54) is 18.2 Å². The summed E-state index contributed by atoms with van der Waals surface area (Å²) in [5.41, 5.74) is -0.339. The third kappa shape index (κ3) is 7.22. The first kappa shape index (κ1) is 21.2. The number of hydrogen-bond donors (Lipinski definition) is 0. The van der Waals surface area contributed by atoms with Crippen LogP contribution in [0.3, 0.4) is 0 Å². The average molecular weight is 238 g/mol. The molecular formula is C10H8Na2O4. The third-order valence-electron chi connectivity index (χ3n) is 1.33. The van der Waals surface area contributed by atoms with E-state index in [0.717, 1.165) is 6.07 Å². The molecule has 1 aromatic rings. The van der Waals surface area contributed by atoms with E-state index in [0.29, 0.717) is 0 Å². The molecule has 0 saturated heterocycles. The third-order valence-corrected chi connectivity index (χ3v) is 1.33. The van der Waals surface area contributed by atoms with Gasteiger partial charge in [-0.15, -0.1) is 13.2 Å². The van der Waals surface area contributed by atoms with Gasteiger partial charge >= 0.3 is 59.1 Å². The van der Waals surface area contributed by atoms with E-state index in [-0.39, 0.29) is 70.2 Å². The van der Waals surface area contributed by atoms with Crippen molar-refractivity contribution in [1.29, 1.82) is 0 Å². The average Bonchev–Trinajstić information content (AvgIpc) is 2.21. The van der Waals surface area contributed by atoms with Crippen molar-refractivity contribution >= 4 is 11.9 Å². The van der Waals surface area contributed by atoms with Crippen LogP contribution in [-0.2, 0) is 0 Å². The van der Waals surface area contributed by atoms with Gasteiger partial charge in [-0.3, -0.25) is 0 Å². The molecule has 0 fully saturated rings. The zero-order chi connectivity index (χ0) is 11.1. The number of benzene rings is 1. The number of hydrogen-bond acceptors (Lipinski definition) is 4. The van der Waals surface area contributed by atoms with Gasteiger partial charge in [0.2, 0.25) is 0 Å². The topological polar surface area (TPSA) is 80.3 Å². The van der Waals surface area contributed by atoms with E-state index in [1.54, 1.807) is 0 Å². The summed E-state index contributed by atoms with van der Waals surface area (Å²) in [4.78, 5) is 20.5. The van der Waals surface area contributed by atoms with Crippen LogP contribution in [0, 0.1) is 0 Å². The molecule has 0 atom stereocenters. The van der Waals surface area contributed by atoms with Crippen LogP contribution in [0.5, 0.6) is 0 Å². The molecule has 0 aromatic heterocycles. The van der Waals surface area contributed by atoms with Gasteiger partial charge in [-0.1, -0.05) is 18.2 Å². The Morgan fingerprint density at radius 2 is 1.25 bits per heavy atom. The van der Waals surface area contributed by atoms with Crippen molar-refractivity contribution in [1.82, 2.24) is 0 Å². The number of carbonyl (C=O) groups excluding carboxylic acids is 2. The summed E-state index contributed by atoms with van der Waals surface area (Å²) >= 11 is 0. The van der Waals surface area contributed by atoms with Gasteiger partial charge in [-0.05, 0) is 17.2 Å². The molecule has 1 aromatic carbocycles. The number of carboxylic acids is 2. The van der Waals surface area contributed by atoms with Crippen LogP contribution in [0.1, 0.15) is 20.7 Å². The van der Waals surface area contributed by atoms with Crippen molar-refractivity contribution in [3.8, 4) is 0 Å². The molecule has 0 unspecified atom stereocenters. The van der Waals surface area contributed by atoms with E-state index < -0.39 is 11.9 Å². The molecule has 0 amide bonds. The van der Waals surface area contributed by atoms with E-state index in [1.807, 2.05) is 0 Å². The minimum absolute atomic E-state index is 0. The monoisotopic (exact) mass is 238 g/mol. The largest absolute Gasteiger partial charge is 1.00 e. The predicted molar refractivity (Wildman–Crippen MR) is 46.4 cm³/mol. The van der Waals surface area contributed by atoms with Gasteiger partial charge in [0, 0.05) is 0 Å². The first-order chi connectivity index (χ1) is 6.61. The van der Waals surface area contributed by atoms with E-state index in [4.69, 9.17) is 0 Å². The number of aromatic carboxylic acids is 2. The van der Waals surface area contributed by atoms with Crippen LogP contribution in [0.2, 0.25) is 0 Å². The standard InChI is InChI=1S/C8H6O4.C2H4.2Na/c9-7(10)5-2-1-3-6(4-5)8(11)12;1-2;;/h1-4H,(H,9,10)(H,11,12);1-2H2;;/q;;2*+1/p-2. The van der Waals surface area contributed by atoms with E-state index >= 15 is 0 Å². The molecule has 0 heterocycles. The molecular weight excluding hydrogens is 230 g/mol. The Kier molecular flexibility index (Phi) is 15.1. The summed E-state index contributed by atoms with van der Waals surface area (Å²) in [5.74, 6) is -2.81. The summed E-state index contributed by atoms with van der Waals surface area (Å²) in [7, 11) is 0. The molecule has 0 bridgehead atoms. The van der Waals surface area contributed by atoms with Gasteiger partial charge in [0.1, 0.15) is 0 Å². The Hall–Kier alpha value is -0.1000. The number of rotatable bonds is 2. The van der Waals surface area contributed by atoms with Crippen molar-refractivity contribution in [2.75, 3.05) is 0 Å². The van der Waals surface area contributed by atoms with Crippen LogP contribution in [0.25, 0.3) is 0 Å². The minimum Gasteiger partial charge on any atom is -0.545 e. The molecule has 0 saturated carbocycles. The zero-order valence-electron chi connectivity index (χ0n) is 9.36. The van der Waals surface area contributed by atoms with Gasteiger partial charge in [0.15, 0.2) is 0 Å². The maximum absolute atomic E-state index is 10.3. The van der Waals surface area contributed by atoms with Gasteiger partial charge in [0.25, 0.3) is 0 Å². The van der Waals surface area contributed by atoms with Crippen LogP contribution < -0.4 is 69.3 Å². The normalized spacial score (nSPS) is 7.25. The Bertz CT molecular complexity index is 323. The van der Waals surface area contributed by atoms with Crippen LogP contribution >= 0.6 is 0 Å². The smallest absolute Gasteiger partial charge is 0.545 e. The summed E-state index contributed by atoms with van der Waals surface area (Å²) in [6, 6.07) is 4.81. The summed E-state index contributed by atoms with van der Waals surface area (Å²) in [5, 5.41) is 20.5.